The van der Waals surface area contributed by atoms with Crippen molar-refractivity contribution in [3.05, 3.63) is 51.4 Å². The lowest BCUT2D eigenvalue weighted by atomic mass is 10.2. The van der Waals surface area contributed by atoms with Crippen LogP contribution in [0.4, 0.5) is 0 Å². The Morgan fingerprint density at radius 2 is 2.00 bits per heavy atom. The van der Waals surface area contributed by atoms with E-state index >= 15 is 0 Å². The third-order valence-corrected chi connectivity index (χ3v) is 2.89. The van der Waals surface area contributed by atoms with Crippen molar-refractivity contribution in [1.29, 1.82) is 0 Å². The molecule has 0 N–H and O–H groups in total. The SMILES string of the molecule is Clc1csc(Cc2ccccc2)n1. The highest BCUT2D eigenvalue weighted by Gasteiger charge is 2.00. The first-order valence-corrected chi connectivity index (χ1v) is 5.24. The van der Waals surface area contributed by atoms with Gasteiger partial charge in [-0.3, -0.25) is 0 Å². The summed E-state index contributed by atoms with van der Waals surface area (Å²) in [6, 6.07) is 10.3. The van der Waals surface area contributed by atoms with Crippen LogP contribution < -0.4 is 0 Å². The lowest BCUT2D eigenvalue weighted by Gasteiger charge is -1.95. The molecule has 2 rings (SSSR count). The highest BCUT2D eigenvalue weighted by atomic mass is 35.5. The molecule has 0 aliphatic heterocycles. The maximum Gasteiger partial charge on any atom is 0.140 e. The van der Waals surface area contributed by atoms with E-state index < -0.39 is 0 Å². The molecule has 0 saturated carbocycles. The number of thiazole rings is 1. The van der Waals surface area contributed by atoms with Crippen molar-refractivity contribution in [3.8, 4) is 0 Å². The maximum absolute atomic E-state index is 5.73. The molecule has 0 aliphatic rings. The first-order chi connectivity index (χ1) is 6.34. The predicted molar refractivity (Wildman–Crippen MR) is 56.4 cm³/mol. The van der Waals surface area contributed by atoms with Gasteiger partial charge < -0.3 is 0 Å². The smallest absolute Gasteiger partial charge is 0.140 e. The van der Waals surface area contributed by atoms with Crippen LogP contribution in [0.25, 0.3) is 0 Å². The molecule has 1 heterocycles. The second-order valence-corrected chi connectivity index (χ2v) is 4.06. The van der Waals surface area contributed by atoms with Crippen LogP contribution in [0, 0.1) is 0 Å². The Hall–Kier alpha value is -0.860. The second-order valence-electron chi connectivity index (χ2n) is 2.73. The highest BCUT2D eigenvalue weighted by molar-refractivity contribution is 7.10. The van der Waals surface area contributed by atoms with Crippen LogP contribution in [0.15, 0.2) is 35.7 Å². The minimum atomic E-state index is 0.593. The first kappa shape index (κ1) is 8.73. The van der Waals surface area contributed by atoms with E-state index in [0.717, 1.165) is 11.4 Å². The van der Waals surface area contributed by atoms with Crippen molar-refractivity contribution in [1.82, 2.24) is 4.98 Å². The van der Waals surface area contributed by atoms with Crippen LogP contribution in [0.2, 0.25) is 5.15 Å². The van der Waals surface area contributed by atoms with Crippen molar-refractivity contribution < 1.29 is 0 Å². The summed E-state index contributed by atoms with van der Waals surface area (Å²) < 4.78 is 0. The van der Waals surface area contributed by atoms with Crippen LogP contribution in [-0.2, 0) is 6.42 Å². The number of aromatic nitrogens is 1. The fourth-order valence-electron chi connectivity index (χ4n) is 1.14. The van der Waals surface area contributed by atoms with E-state index in [9.17, 15) is 0 Å². The Labute approximate surface area is 86.0 Å². The van der Waals surface area contributed by atoms with Crippen LogP contribution in [-0.4, -0.2) is 4.98 Å². The van der Waals surface area contributed by atoms with E-state index in [0.29, 0.717) is 5.15 Å². The van der Waals surface area contributed by atoms with Gasteiger partial charge in [-0.05, 0) is 5.56 Å². The average Bonchev–Trinajstić information content (AvgIpc) is 2.53. The molecular formula is C10H8ClNS. The Bertz CT molecular complexity index is 383. The predicted octanol–water partition coefficient (Wildman–Crippen LogP) is 3.39. The van der Waals surface area contributed by atoms with Gasteiger partial charge in [0.25, 0.3) is 0 Å². The summed E-state index contributed by atoms with van der Waals surface area (Å²) in [5.74, 6) is 0. The molecule has 0 aliphatic carbocycles. The molecule has 0 spiro atoms. The van der Waals surface area contributed by atoms with Gasteiger partial charge >= 0.3 is 0 Å². The zero-order valence-corrected chi connectivity index (χ0v) is 8.48. The Balaban J connectivity index is 2.15. The van der Waals surface area contributed by atoms with Crippen LogP contribution in [0.5, 0.6) is 0 Å². The summed E-state index contributed by atoms with van der Waals surface area (Å²) in [5, 5.41) is 3.52. The zero-order valence-electron chi connectivity index (χ0n) is 6.90. The number of halogens is 1. The number of hydrogen-bond acceptors (Lipinski definition) is 2. The summed E-state index contributed by atoms with van der Waals surface area (Å²) in [7, 11) is 0. The molecule has 1 aromatic heterocycles. The third-order valence-electron chi connectivity index (χ3n) is 1.72. The molecule has 0 fully saturated rings. The fraction of sp³-hybridized carbons (Fsp3) is 0.100. The Morgan fingerprint density at radius 3 is 2.62 bits per heavy atom. The van der Waals surface area contributed by atoms with Crippen molar-refractivity contribution in [2.45, 2.75) is 6.42 Å². The number of hydrogen-bond donors (Lipinski definition) is 0. The maximum atomic E-state index is 5.73. The van der Waals surface area contributed by atoms with Crippen LogP contribution in [0.1, 0.15) is 10.6 Å². The summed E-state index contributed by atoms with van der Waals surface area (Å²) in [6.45, 7) is 0. The van der Waals surface area contributed by atoms with Gasteiger partial charge in [-0.15, -0.1) is 11.3 Å². The summed E-state index contributed by atoms with van der Waals surface area (Å²) in [4.78, 5) is 4.19. The topological polar surface area (TPSA) is 12.9 Å². The van der Waals surface area contributed by atoms with Crippen molar-refractivity contribution >= 4 is 22.9 Å². The van der Waals surface area contributed by atoms with Gasteiger partial charge in [0.15, 0.2) is 0 Å². The molecule has 13 heavy (non-hydrogen) atoms. The van der Waals surface area contributed by atoms with E-state index in [1.165, 1.54) is 5.56 Å². The van der Waals surface area contributed by atoms with Gasteiger partial charge in [0, 0.05) is 11.8 Å². The van der Waals surface area contributed by atoms with Gasteiger partial charge in [0.05, 0.1) is 5.01 Å². The molecule has 2 aromatic rings. The number of rotatable bonds is 2. The molecule has 0 saturated heterocycles. The van der Waals surface area contributed by atoms with Gasteiger partial charge in [-0.25, -0.2) is 4.98 Å². The van der Waals surface area contributed by atoms with E-state index in [1.807, 2.05) is 23.6 Å². The normalized spacial score (nSPS) is 10.2. The van der Waals surface area contributed by atoms with Crippen molar-refractivity contribution in [3.63, 3.8) is 0 Å². The summed E-state index contributed by atoms with van der Waals surface area (Å²) in [5.41, 5.74) is 1.27. The fourth-order valence-corrected chi connectivity index (χ4v) is 2.11. The largest absolute Gasteiger partial charge is 0.229 e. The van der Waals surface area contributed by atoms with Gasteiger partial charge in [-0.1, -0.05) is 41.9 Å². The minimum absolute atomic E-state index is 0.593. The molecule has 66 valence electrons. The molecular weight excluding hydrogens is 202 g/mol. The van der Waals surface area contributed by atoms with E-state index in [-0.39, 0.29) is 0 Å². The number of nitrogens with zero attached hydrogens (tertiary/aromatic N) is 1. The first-order valence-electron chi connectivity index (χ1n) is 3.98. The molecule has 0 amide bonds. The molecule has 0 atom stereocenters. The van der Waals surface area contributed by atoms with Crippen LogP contribution in [0.3, 0.4) is 0 Å². The average molecular weight is 210 g/mol. The third kappa shape index (κ3) is 2.29. The molecule has 1 aromatic carbocycles. The van der Waals surface area contributed by atoms with Gasteiger partial charge in [0.1, 0.15) is 5.15 Å². The molecule has 3 heteroatoms. The van der Waals surface area contributed by atoms with Crippen molar-refractivity contribution in [2.24, 2.45) is 0 Å². The van der Waals surface area contributed by atoms with Crippen molar-refractivity contribution in [2.75, 3.05) is 0 Å². The lowest BCUT2D eigenvalue weighted by molar-refractivity contribution is 1.14. The lowest BCUT2D eigenvalue weighted by Crippen LogP contribution is -1.85. The van der Waals surface area contributed by atoms with Crippen LogP contribution >= 0.6 is 22.9 Å². The second kappa shape index (κ2) is 3.90. The Kier molecular flexibility index (Phi) is 2.62. The molecule has 0 unspecified atom stereocenters. The van der Waals surface area contributed by atoms with Gasteiger partial charge in [0.2, 0.25) is 0 Å². The zero-order chi connectivity index (χ0) is 9.10. The van der Waals surface area contributed by atoms with Gasteiger partial charge in [-0.2, -0.15) is 0 Å². The number of benzene rings is 1. The monoisotopic (exact) mass is 209 g/mol. The minimum Gasteiger partial charge on any atom is -0.229 e. The highest BCUT2D eigenvalue weighted by Crippen LogP contribution is 2.17. The summed E-state index contributed by atoms with van der Waals surface area (Å²) in [6.07, 6.45) is 0.873. The van der Waals surface area contributed by atoms with E-state index in [4.69, 9.17) is 11.6 Å². The van der Waals surface area contributed by atoms with E-state index in [1.54, 1.807) is 11.3 Å². The van der Waals surface area contributed by atoms with E-state index in [2.05, 4.69) is 17.1 Å². The standard InChI is InChI=1S/C10H8ClNS/c11-9-7-13-10(12-9)6-8-4-2-1-3-5-8/h1-5,7H,6H2. The Morgan fingerprint density at radius 1 is 1.23 bits per heavy atom. The molecule has 0 radical (unpaired) electrons. The quantitative estimate of drug-likeness (QED) is 0.739. The molecule has 0 bridgehead atoms. The summed E-state index contributed by atoms with van der Waals surface area (Å²) >= 11 is 7.33. The molecule has 1 nitrogen and oxygen atoms in total.